The number of rotatable bonds is 5. The van der Waals surface area contributed by atoms with Crippen molar-refractivity contribution in [2.45, 2.75) is 25.4 Å². The van der Waals surface area contributed by atoms with Crippen molar-refractivity contribution in [3.05, 3.63) is 54.1 Å². The Hall–Kier alpha value is -2.60. The Morgan fingerprint density at radius 1 is 1.12 bits per heavy atom. The molecule has 25 heavy (non-hydrogen) atoms. The molecular weight excluding hydrogens is 334 g/mol. The van der Waals surface area contributed by atoms with Crippen LogP contribution in [0.4, 0.5) is 5.69 Å². The van der Waals surface area contributed by atoms with Crippen molar-refractivity contribution in [2.24, 2.45) is 0 Å². The molecule has 6 heteroatoms. The van der Waals surface area contributed by atoms with Crippen molar-refractivity contribution < 1.29 is 9.59 Å². The third kappa shape index (κ3) is 3.91. The Labute approximate surface area is 150 Å². The number of imidazole rings is 1. The molecule has 5 nitrogen and oxygen atoms in total. The monoisotopic (exact) mass is 353 g/mol. The van der Waals surface area contributed by atoms with Crippen LogP contribution in [0.2, 0.25) is 0 Å². The first-order valence-corrected chi connectivity index (χ1v) is 9.07. The van der Waals surface area contributed by atoms with Gasteiger partial charge in [-0.15, -0.1) is 0 Å². The number of amides is 1. The Morgan fingerprint density at radius 3 is 2.52 bits per heavy atom. The summed E-state index contributed by atoms with van der Waals surface area (Å²) >= 11 is 1.26. The SMILES string of the molecule is CCc1ccc(NC(=O)CSc2nc3ccccc3n2C(C)=O)cc1. The van der Waals surface area contributed by atoms with Crippen molar-refractivity contribution in [2.75, 3.05) is 11.1 Å². The first-order valence-electron chi connectivity index (χ1n) is 8.08. The third-order valence-electron chi connectivity index (χ3n) is 3.82. The van der Waals surface area contributed by atoms with Crippen molar-refractivity contribution in [1.82, 2.24) is 9.55 Å². The van der Waals surface area contributed by atoms with Crippen LogP contribution in [-0.2, 0) is 11.2 Å². The van der Waals surface area contributed by atoms with E-state index < -0.39 is 0 Å². The molecule has 0 radical (unpaired) electrons. The van der Waals surface area contributed by atoms with E-state index in [4.69, 9.17) is 0 Å². The second kappa shape index (κ2) is 7.53. The number of carbonyl (C=O) groups excluding carboxylic acids is 2. The molecular formula is C19H19N3O2S. The van der Waals surface area contributed by atoms with Gasteiger partial charge in [-0.3, -0.25) is 14.2 Å². The predicted molar refractivity (Wildman–Crippen MR) is 101 cm³/mol. The van der Waals surface area contributed by atoms with Crippen LogP contribution < -0.4 is 5.32 Å². The normalized spacial score (nSPS) is 10.8. The maximum atomic E-state index is 12.2. The third-order valence-corrected chi connectivity index (χ3v) is 4.76. The summed E-state index contributed by atoms with van der Waals surface area (Å²) in [6, 6.07) is 15.2. The highest BCUT2D eigenvalue weighted by Crippen LogP contribution is 2.24. The summed E-state index contributed by atoms with van der Waals surface area (Å²) in [6.07, 6.45) is 0.964. The molecule has 1 amide bonds. The lowest BCUT2D eigenvalue weighted by Gasteiger charge is -2.07. The highest BCUT2D eigenvalue weighted by Gasteiger charge is 2.15. The minimum Gasteiger partial charge on any atom is -0.325 e. The van der Waals surface area contributed by atoms with Crippen molar-refractivity contribution >= 4 is 40.3 Å². The van der Waals surface area contributed by atoms with Crippen LogP contribution in [0.3, 0.4) is 0 Å². The zero-order valence-electron chi connectivity index (χ0n) is 14.2. The molecule has 1 heterocycles. The smallest absolute Gasteiger partial charge is 0.234 e. The number of thioether (sulfide) groups is 1. The molecule has 0 fully saturated rings. The Kier molecular flexibility index (Phi) is 5.19. The van der Waals surface area contributed by atoms with Gasteiger partial charge in [-0.2, -0.15) is 0 Å². The van der Waals surface area contributed by atoms with Crippen LogP contribution in [0.15, 0.2) is 53.7 Å². The number of carbonyl (C=O) groups is 2. The summed E-state index contributed by atoms with van der Waals surface area (Å²) in [5.41, 5.74) is 3.49. The van der Waals surface area contributed by atoms with Crippen LogP contribution in [0.1, 0.15) is 24.2 Å². The lowest BCUT2D eigenvalue weighted by atomic mass is 10.1. The minimum absolute atomic E-state index is 0.119. The van der Waals surface area contributed by atoms with E-state index >= 15 is 0 Å². The topological polar surface area (TPSA) is 64.0 Å². The van der Waals surface area contributed by atoms with Gasteiger partial charge in [0.25, 0.3) is 0 Å². The van der Waals surface area contributed by atoms with E-state index in [1.165, 1.54) is 24.2 Å². The quantitative estimate of drug-likeness (QED) is 0.705. The molecule has 0 aliphatic rings. The first kappa shape index (κ1) is 17.2. The standard InChI is InChI=1S/C19H19N3O2S/c1-3-14-8-10-15(11-9-14)20-18(24)12-25-19-21-16-6-4-5-7-17(16)22(19)13(2)23/h4-11H,3,12H2,1-2H3,(H,20,24). The highest BCUT2D eigenvalue weighted by molar-refractivity contribution is 7.99. The Balaban J connectivity index is 1.70. The van der Waals surface area contributed by atoms with Gasteiger partial charge >= 0.3 is 0 Å². The van der Waals surface area contributed by atoms with Crippen molar-refractivity contribution in [1.29, 1.82) is 0 Å². The first-order chi connectivity index (χ1) is 12.1. The van der Waals surface area contributed by atoms with Gasteiger partial charge in [-0.1, -0.05) is 43.0 Å². The number of benzene rings is 2. The van der Waals surface area contributed by atoms with E-state index in [-0.39, 0.29) is 17.6 Å². The fourth-order valence-corrected chi connectivity index (χ4v) is 3.41. The molecule has 128 valence electrons. The number of hydrogen-bond donors (Lipinski definition) is 1. The fourth-order valence-electron chi connectivity index (χ4n) is 2.56. The van der Waals surface area contributed by atoms with Gasteiger partial charge in [0.1, 0.15) is 0 Å². The fraction of sp³-hybridized carbons (Fsp3) is 0.211. The van der Waals surface area contributed by atoms with Crippen molar-refractivity contribution in [3.8, 4) is 0 Å². The molecule has 0 saturated carbocycles. The largest absolute Gasteiger partial charge is 0.325 e. The number of aryl methyl sites for hydroxylation is 1. The van der Waals surface area contributed by atoms with Gasteiger partial charge in [0.15, 0.2) is 5.16 Å². The lowest BCUT2D eigenvalue weighted by Crippen LogP contribution is -2.15. The van der Waals surface area contributed by atoms with E-state index in [1.54, 1.807) is 4.57 Å². The molecule has 0 bridgehead atoms. The maximum absolute atomic E-state index is 12.2. The summed E-state index contributed by atoms with van der Waals surface area (Å²) in [5.74, 6) is -0.0604. The summed E-state index contributed by atoms with van der Waals surface area (Å²) in [4.78, 5) is 28.6. The maximum Gasteiger partial charge on any atom is 0.234 e. The van der Waals surface area contributed by atoms with Crippen LogP contribution in [0.5, 0.6) is 0 Å². The average molecular weight is 353 g/mol. The van der Waals surface area contributed by atoms with E-state index in [0.29, 0.717) is 5.16 Å². The number of fused-ring (bicyclic) bond motifs is 1. The molecule has 0 atom stereocenters. The van der Waals surface area contributed by atoms with Gasteiger partial charge in [0.2, 0.25) is 11.8 Å². The van der Waals surface area contributed by atoms with Crippen LogP contribution in [-0.4, -0.2) is 27.1 Å². The van der Waals surface area contributed by atoms with Crippen molar-refractivity contribution in [3.63, 3.8) is 0 Å². The number of para-hydroxylation sites is 2. The van der Waals surface area contributed by atoms with Gasteiger partial charge in [0, 0.05) is 12.6 Å². The molecule has 3 rings (SSSR count). The molecule has 0 unspecified atom stereocenters. The zero-order valence-corrected chi connectivity index (χ0v) is 15.0. The lowest BCUT2D eigenvalue weighted by molar-refractivity contribution is -0.113. The van der Waals surface area contributed by atoms with Gasteiger partial charge < -0.3 is 5.32 Å². The van der Waals surface area contributed by atoms with Gasteiger partial charge in [-0.05, 0) is 36.2 Å². The van der Waals surface area contributed by atoms with Crippen LogP contribution in [0.25, 0.3) is 11.0 Å². The highest BCUT2D eigenvalue weighted by atomic mass is 32.2. The molecule has 0 aliphatic heterocycles. The minimum atomic E-state index is -0.128. The van der Waals surface area contributed by atoms with E-state index in [0.717, 1.165) is 23.1 Å². The van der Waals surface area contributed by atoms with Crippen LogP contribution in [0, 0.1) is 0 Å². The van der Waals surface area contributed by atoms with E-state index in [9.17, 15) is 9.59 Å². The Bertz CT molecular complexity index is 916. The average Bonchev–Trinajstić information content (AvgIpc) is 2.99. The molecule has 1 aromatic heterocycles. The van der Waals surface area contributed by atoms with Gasteiger partial charge in [-0.25, -0.2) is 4.98 Å². The second-order valence-corrected chi connectivity index (χ2v) is 6.57. The second-order valence-electron chi connectivity index (χ2n) is 5.62. The number of hydrogen-bond acceptors (Lipinski definition) is 4. The summed E-state index contributed by atoms with van der Waals surface area (Å²) in [6.45, 7) is 3.58. The summed E-state index contributed by atoms with van der Waals surface area (Å²) in [5, 5.41) is 3.40. The van der Waals surface area contributed by atoms with E-state index in [1.807, 2.05) is 48.5 Å². The molecule has 1 N–H and O–H groups in total. The van der Waals surface area contributed by atoms with Gasteiger partial charge in [0.05, 0.1) is 16.8 Å². The molecule has 2 aromatic carbocycles. The molecule has 0 spiro atoms. The summed E-state index contributed by atoms with van der Waals surface area (Å²) < 4.78 is 1.54. The number of nitrogens with one attached hydrogen (secondary N) is 1. The van der Waals surface area contributed by atoms with Crippen LogP contribution >= 0.6 is 11.8 Å². The van der Waals surface area contributed by atoms with E-state index in [2.05, 4.69) is 17.2 Å². The number of nitrogens with zero attached hydrogens (tertiary/aromatic N) is 2. The number of anilines is 1. The Morgan fingerprint density at radius 2 is 1.84 bits per heavy atom. The molecule has 0 saturated heterocycles. The zero-order chi connectivity index (χ0) is 17.8. The number of aromatic nitrogens is 2. The predicted octanol–water partition coefficient (Wildman–Crippen LogP) is 3.99. The molecule has 3 aromatic rings. The summed E-state index contributed by atoms with van der Waals surface area (Å²) in [7, 11) is 0. The molecule has 0 aliphatic carbocycles.